The van der Waals surface area contributed by atoms with Crippen molar-refractivity contribution < 1.29 is 5.11 Å². The largest absolute Gasteiger partial charge is 0.385 e. The summed E-state index contributed by atoms with van der Waals surface area (Å²) in [4.78, 5) is 0. The van der Waals surface area contributed by atoms with Crippen LogP contribution in [-0.2, 0) is 12.0 Å². The molecule has 0 aromatic heterocycles. The number of hydrogen-bond donors (Lipinski definition) is 2. The number of benzene rings is 1. The van der Waals surface area contributed by atoms with Crippen LogP contribution in [0.5, 0.6) is 0 Å². The van der Waals surface area contributed by atoms with Gasteiger partial charge in [-0.1, -0.05) is 18.2 Å². The predicted molar refractivity (Wildman–Crippen MR) is 61.9 cm³/mol. The Bertz CT molecular complexity index is 362. The molecule has 0 aliphatic heterocycles. The molecule has 1 aromatic carbocycles. The molecule has 2 N–H and O–H groups in total. The molecule has 82 valence electrons. The van der Waals surface area contributed by atoms with E-state index in [2.05, 4.69) is 24.4 Å². The molecule has 1 aliphatic rings. The van der Waals surface area contributed by atoms with E-state index in [0.717, 1.165) is 31.4 Å². The SMILES string of the molecule is CNCCC1(O)CCc2c(C)cccc21. The third kappa shape index (κ3) is 1.80. The van der Waals surface area contributed by atoms with Crippen LogP contribution in [0, 0.1) is 6.92 Å². The fourth-order valence-electron chi connectivity index (χ4n) is 2.53. The van der Waals surface area contributed by atoms with Gasteiger partial charge in [-0.3, -0.25) is 0 Å². The van der Waals surface area contributed by atoms with E-state index in [9.17, 15) is 5.11 Å². The van der Waals surface area contributed by atoms with Gasteiger partial charge in [-0.25, -0.2) is 0 Å². The van der Waals surface area contributed by atoms with E-state index in [-0.39, 0.29) is 0 Å². The molecule has 0 bridgehead atoms. The number of aryl methyl sites for hydroxylation is 1. The highest BCUT2D eigenvalue weighted by Crippen LogP contribution is 2.40. The van der Waals surface area contributed by atoms with Crippen molar-refractivity contribution in [1.82, 2.24) is 5.32 Å². The van der Waals surface area contributed by atoms with Gasteiger partial charge in [-0.2, -0.15) is 0 Å². The summed E-state index contributed by atoms with van der Waals surface area (Å²) in [6.45, 7) is 2.99. The minimum atomic E-state index is -0.593. The van der Waals surface area contributed by atoms with Gasteiger partial charge in [0.2, 0.25) is 0 Å². The minimum absolute atomic E-state index is 0.593. The molecule has 1 unspecified atom stereocenters. The Kier molecular flexibility index (Phi) is 2.81. The van der Waals surface area contributed by atoms with Crippen molar-refractivity contribution in [2.24, 2.45) is 0 Å². The van der Waals surface area contributed by atoms with E-state index in [4.69, 9.17) is 0 Å². The maximum atomic E-state index is 10.6. The highest BCUT2D eigenvalue weighted by molar-refractivity contribution is 5.42. The van der Waals surface area contributed by atoms with Gasteiger partial charge in [-0.15, -0.1) is 0 Å². The van der Waals surface area contributed by atoms with Gasteiger partial charge in [0.1, 0.15) is 0 Å². The van der Waals surface area contributed by atoms with E-state index in [1.54, 1.807) is 0 Å². The highest BCUT2D eigenvalue weighted by Gasteiger charge is 2.36. The minimum Gasteiger partial charge on any atom is -0.385 e. The molecule has 1 atom stereocenters. The summed E-state index contributed by atoms with van der Waals surface area (Å²) in [6.07, 6.45) is 2.69. The van der Waals surface area contributed by atoms with Gasteiger partial charge < -0.3 is 10.4 Å². The summed E-state index contributed by atoms with van der Waals surface area (Å²) in [5.74, 6) is 0. The first kappa shape index (κ1) is 10.7. The third-order valence-electron chi connectivity index (χ3n) is 3.49. The van der Waals surface area contributed by atoms with Gasteiger partial charge in [-0.05, 0) is 56.5 Å². The maximum absolute atomic E-state index is 10.6. The van der Waals surface area contributed by atoms with Gasteiger partial charge in [0, 0.05) is 0 Å². The summed E-state index contributed by atoms with van der Waals surface area (Å²) >= 11 is 0. The summed E-state index contributed by atoms with van der Waals surface area (Å²) in [5, 5.41) is 13.7. The van der Waals surface area contributed by atoms with Crippen LogP contribution in [0.2, 0.25) is 0 Å². The third-order valence-corrected chi connectivity index (χ3v) is 3.49. The zero-order valence-corrected chi connectivity index (χ0v) is 9.51. The first-order valence-electron chi connectivity index (χ1n) is 5.63. The van der Waals surface area contributed by atoms with Crippen molar-refractivity contribution in [1.29, 1.82) is 0 Å². The van der Waals surface area contributed by atoms with Crippen LogP contribution in [0.25, 0.3) is 0 Å². The topological polar surface area (TPSA) is 32.3 Å². The first-order chi connectivity index (χ1) is 7.17. The lowest BCUT2D eigenvalue weighted by atomic mass is 9.91. The van der Waals surface area contributed by atoms with Crippen LogP contribution in [0.3, 0.4) is 0 Å². The number of hydrogen-bond acceptors (Lipinski definition) is 2. The first-order valence-corrected chi connectivity index (χ1v) is 5.63. The van der Waals surface area contributed by atoms with Crippen LogP contribution >= 0.6 is 0 Å². The van der Waals surface area contributed by atoms with Gasteiger partial charge >= 0.3 is 0 Å². The lowest BCUT2D eigenvalue weighted by Gasteiger charge is -2.24. The second-order valence-electron chi connectivity index (χ2n) is 4.49. The molecule has 2 rings (SSSR count). The van der Waals surface area contributed by atoms with Crippen molar-refractivity contribution in [3.8, 4) is 0 Å². The summed E-state index contributed by atoms with van der Waals surface area (Å²) in [6, 6.07) is 6.25. The Balaban J connectivity index is 2.31. The summed E-state index contributed by atoms with van der Waals surface area (Å²) in [5.41, 5.74) is 3.23. The fourth-order valence-corrected chi connectivity index (χ4v) is 2.53. The molecule has 2 nitrogen and oxygen atoms in total. The zero-order chi connectivity index (χ0) is 10.9. The molecular formula is C13H19NO. The number of rotatable bonds is 3. The molecule has 0 amide bonds. The van der Waals surface area contributed by atoms with E-state index < -0.39 is 5.60 Å². The Labute approximate surface area is 91.3 Å². The van der Waals surface area contributed by atoms with Crippen LogP contribution in [0.4, 0.5) is 0 Å². The lowest BCUT2D eigenvalue weighted by Crippen LogP contribution is -2.27. The maximum Gasteiger partial charge on any atom is 0.0914 e. The molecule has 1 aliphatic carbocycles. The molecule has 0 spiro atoms. The normalized spacial score (nSPS) is 24.2. The average molecular weight is 205 g/mol. The highest BCUT2D eigenvalue weighted by atomic mass is 16.3. The molecule has 0 saturated carbocycles. The Morgan fingerprint density at radius 1 is 1.47 bits per heavy atom. The molecule has 2 heteroatoms. The number of fused-ring (bicyclic) bond motifs is 1. The van der Waals surface area contributed by atoms with E-state index in [1.807, 2.05) is 13.1 Å². The van der Waals surface area contributed by atoms with Crippen molar-refractivity contribution in [2.45, 2.75) is 31.8 Å². The van der Waals surface area contributed by atoms with Crippen LogP contribution in [0.1, 0.15) is 29.5 Å². The molecule has 0 saturated heterocycles. The Morgan fingerprint density at radius 3 is 3.00 bits per heavy atom. The summed E-state index contributed by atoms with van der Waals surface area (Å²) < 4.78 is 0. The second kappa shape index (κ2) is 3.95. The Morgan fingerprint density at radius 2 is 2.27 bits per heavy atom. The van der Waals surface area contributed by atoms with Gasteiger partial charge in [0.05, 0.1) is 5.60 Å². The van der Waals surface area contributed by atoms with Crippen molar-refractivity contribution >= 4 is 0 Å². The van der Waals surface area contributed by atoms with Gasteiger partial charge in [0.25, 0.3) is 0 Å². The standard InChI is InChI=1S/C13H19NO/c1-10-4-3-5-12-11(10)6-7-13(12,15)8-9-14-2/h3-5,14-15H,6-9H2,1-2H3. The monoisotopic (exact) mass is 205 g/mol. The number of nitrogens with one attached hydrogen (secondary N) is 1. The molecule has 15 heavy (non-hydrogen) atoms. The number of aliphatic hydroxyl groups is 1. The predicted octanol–water partition coefficient (Wildman–Crippen LogP) is 1.74. The van der Waals surface area contributed by atoms with E-state index >= 15 is 0 Å². The van der Waals surface area contributed by atoms with Crippen LogP contribution in [0.15, 0.2) is 18.2 Å². The van der Waals surface area contributed by atoms with Crippen molar-refractivity contribution in [3.63, 3.8) is 0 Å². The molecule has 0 heterocycles. The van der Waals surface area contributed by atoms with E-state index in [0.29, 0.717) is 0 Å². The molecular weight excluding hydrogens is 186 g/mol. The quantitative estimate of drug-likeness (QED) is 0.787. The zero-order valence-electron chi connectivity index (χ0n) is 9.51. The fraction of sp³-hybridized carbons (Fsp3) is 0.538. The van der Waals surface area contributed by atoms with Crippen molar-refractivity contribution in [3.05, 3.63) is 34.9 Å². The van der Waals surface area contributed by atoms with Gasteiger partial charge in [0.15, 0.2) is 0 Å². The van der Waals surface area contributed by atoms with Crippen molar-refractivity contribution in [2.75, 3.05) is 13.6 Å². The smallest absolute Gasteiger partial charge is 0.0914 e. The van der Waals surface area contributed by atoms with E-state index in [1.165, 1.54) is 11.1 Å². The van der Waals surface area contributed by atoms with Crippen LogP contribution < -0.4 is 5.32 Å². The lowest BCUT2D eigenvalue weighted by molar-refractivity contribution is 0.0303. The second-order valence-corrected chi connectivity index (χ2v) is 4.49. The molecule has 0 fully saturated rings. The average Bonchev–Trinajstić information content (AvgIpc) is 2.56. The molecule has 1 aromatic rings. The summed E-state index contributed by atoms with van der Waals surface area (Å²) in [7, 11) is 1.93. The van der Waals surface area contributed by atoms with Crippen LogP contribution in [-0.4, -0.2) is 18.7 Å². The Hall–Kier alpha value is -0.860. The molecule has 0 radical (unpaired) electrons.